The van der Waals surface area contributed by atoms with Crippen molar-refractivity contribution in [2.45, 2.75) is 240 Å². The molecule has 5 aliphatic heterocycles. The van der Waals surface area contributed by atoms with Gasteiger partial charge in [0, 0.05) is 0 Å². The molecule has 9 fully saturated rings. The third kappa shape index (κ3) is 10.4. The van der Waals surface area contributed by atoms with Crippen molar-refractivity contribution in [3.8, 4) is 0 Å². The SMILES string of the molecule is C[C@H]1O[C@H](O[C@@H]2[C@@H](OC(=O)[C@@]34CCC(C)(C)C[C@@H]3C3=CC[C@H]5[C@]6(C)C[C@@H](O)[C@@H](O[C@H]7O[C@@H](CO)[C@H](O)[C@@H](O)[C@@H]7O)[C@@](CO)(C(=O)O)[C@H]6CC[C@]5(C)[C@@]3(C)C[C@@H]4O)OC[C@@H](O)[C@H]2O)[C@@H](O)[C@@H](O)[C@@H]1O[C@H]1OC[C@H](O)[C@@H](O[C@H]2OC[C@@](O)(CO)[C@@H]2O)[C@@H]1O. The van der Waals surface area contributed by atoms with Gasteiger partial charge in [0.25, 0.3) is 0 Å². The number of esters is 1. The lowest BCUT2D eigenvalue weighted by Gasteiger charge is -2.72. The van der Waals surface area contributed by atoms with E-state index in [1.807, 2.05) is 19.9 Å². The zero-order valence-corrected chi connectivity index (χ0v) is 49.0. The quantitative estimate of drug-likeness (QED) is 0.0439. The summed E-state index contributed by atoms with van der Waals surface area (Å²) in [6, 6.07) is 0. The van der Waals surface area contributed by atoms with E-state index in [-0.39, 0.29) is 31.1 Å². The fourth-order valence-electron chi connectivity index (χ4n) is 17.4. The van der Waals surface area contributed by atoms with Crippen LogP contribution in [0, 0.1) is 50.2 Å². The van der Waals surface area contributed by atoms with Crippen LogP contribution in [0.15, 0.2) is 11.6 Å². The summed E-state index contributed by atoms with van der Waals surface area (Å²) < 4.78 is 58.2. The standard InChI is InChI=1S/C57H90O29/c1-22-39(82-44-38(71)40(27(63)18-77-44)83-48-42(72)55(76,19-59)21-79-48)35(68)37(70)45(80-22)84-41-32(65)26(62)17-78-47(41)86-50(75)56-12-11-51(2,3)13-24(56)23-7-8-29-52(4)14-25(61)43(85-46-36(69)34(67)33(66)28(16-58)81-46)57(20-60,49(73)74)30(52)9-10-53(29,5)54(23,6)15-31(56)64/h7,22,24-48,58-72,76H,8-21H2,1-6H3,(H,73,74)/t22-,24-,25-,26-,27+,28+,29+,30+,31+,32-,33+,34-,35-,36+,37+,38+,39-,40-,41+,42-,43-,44-,45-,46-,47-,48-,52+,53+,54+,55+,56+,57+/m1/s1. The Morgan fingerprint density at radius 1 is 0.616 bits per heavy atom. The number of fused-ring (bicyclic) bond motifs is 7. The second kappa shape index (κ2) is 24.0. The van der Waals surface area contributed by atoms with Crippen molar-refractivity contribution in [3.63, 3.8) is 0 Å². The number of aliphatic hydroxyl groups is 16. The normalized spacial score (nSPS) is 54.6. The molecule has 0 aromatic carbocycles. The van der Waals surface area contributed by atoms with Gasteiger partial charge in [-0.05, 0) is 97.7 Å². The number of aliphatic carboxylic acids is 1. The molecule has 86 heavy (non-hydrogen) atoms. The van der Waals surface area contributed by atoms with Gasteiger partial charge in [-0.1, -0.05) is 46.3 Å². The fourth-order valence-corrected chi connectivity index (χ4v) is 17.4. The zero-order chi connectivity index (χ0) is 62.9. The molecule has 17 N–H and O–H groups in total. The second-order valence-electron chi connectivity index (χ2n) is 27.8. The minimum Gasteiger partial charge on any atom is -0.481 e. The van der Waals surface area contributed by atoms with Gasteiger partial charge in [-0.25, -0.2) is 0 Å². The molecule has 0 unspecified atom stereocenters. The van der Waals surface area contributed by atoms with Crippen molar-refractivity contribution in [1.29, 1.82) is 0 Å². The van der Waals surface area contributed by atoms with Crippen LogP contribution in [-0.4, -0.2) is 285 Å². The molecule has 5 heterocycles. The maximum Gasteiger partial charge on any atom is 0.317 e. The molecule has 0 radical (unpaired) electrons. The molecule has 0 bridgehead atoms. The average Bonchev–Trinajstić information content (AvgIpc) is 0.892. The molecule has 5 saturated heterocycles. The van der Waals surface area contributed by atoms with Gasteiger partial charge in [-0.2, -0.15) is 0 Å². The number of carboxylic acids is 1. The van der Waals surface area contributed by atoms with Crippen LogP contribution in [0.3, 0.4) is 0 Å². The van der Waals surface area contributed by atoms with E-state index in [1.54, 1.807) is 0 Å². The van der Waals surface area contributed by atoms with Gasteiger partial charge in [-0.15, -0.1) is 0 Å². The summed E-state index contributed by atoms with van der Waals surface area (Å²) in [6.07, 6.45) is -35.2. The first-order valence-corrected chi connectivity index (χ1v) is 29.9. The van der Waals surface area contributed by atoms with Crippen LogP contribution in [0.25, 0.3) is 0 Å². The third-order valence-electron chi connectivity index (χ3n) is 22.6. The van der Waals surface area contributed by atoms with Crippen LogP contribution in [0.2, 0.25) is 0 Å². The molecule has 29 heteroatoms. The Balaban J connectivity index is 0.872. The maximum atomic E-state index is 15.4. The van der Waals surface area contributed by atoms with Crippen molar-refractivity contribution < 1.29 is 144 Å². The van der Waals surface area contributed by atoms with Crippen molar-refractivity contribution >= 4 is 11.9 Å². The van der Waals surface area contributed by atoms with E-state index >= 15 is 4.79 Å². The van der Waals surface area contributed by atoms with Gasteiger partial charge in [0.15, 0.2) is 31.3 Å². The van der Waals surface area contributed by atoms with E-state index in [9.17, 15) is 91.6 Å². The predicted molar refractivity (Wildman–Crippen MR) is 282 cm³/mol. The van der Waals surface area contributed by atoms with Gasteiger partial charge in [0.1, 0.15) is 102 Å². The smallest absolute Gasteiger partial charge is 0.317 e. The van der Waals surface area contributed by atoms with E-state index in [0.717, 1.165) is 5.57 Å². The van der Waals surface area contributed by atoms with Crippen molar-refractivity contribution in [2.75, 3.05) is 39.6 Å². The number of carbonyl (C=O) groups excluding carboxylic acids is 1. The van der Waals surface area contributed by atoms with Crippen LogP contribution in [0.5, 0.6) is 0 Å². The lowest BCUT2D eigenvalue weighted by Crippen LogP contribution is -2.72. The fraction of sp³-hybridized carbons (Fsp3) is 0.930. The van der Waals surface area contributed by atoms with Gasteiger partial charge >= 0.3 is 11.9 Å². The molecule has 29 nitrogen and oxygen atoms in total. The monoisotopic (exact) mass is 1240 g/mol. The van der Waals surface area contributed by atoms with Crippen molar-refractivity contribution in [2.24, 2.45) is 50.2 Å². The average molecular weight is 1240 g/mol. The number of aliphatic hydroxyl groups excluding tert-OH is 15. The maximum absolute atomic E-state index is 15.4. The van der Waals surface area contributed by atoms with Crippen LogP contribution < -0.4 is 0 Å². The molecular formula is C57H90O29. The van der Waals surface area contributed by atoms with E-state index in [0.29, 0.717) is 25.7 Å². The zero-order valence-electron chi connectivity index (χ0n) is 49.0. The lowest BCUT2D eigenvalue weighted by atomic mass is 9.33. The molecule has 0 spiro atoms. The second-order valence-corrected chi connectivity index (χ2v) is 27.8. The highest BCUT2D eigenvalue weighted by molar-refractivity contribution is 5.80. The lowest BCUT2D eigenvalue weighted by molar-refractivity contribution is -0.372. The molecule has 0 aromatic heterocycles. The molecule has 492 valence electrons. The largest absolute Gasteiger partial charge is 0.481 e. The van der Waals surface area contributed by atoms with Crippen molar-refractivity contribution in [3.05, 3.63) is 11.6 Å². The van der Waals surface area contributed by atoms with E-state index in [2.05, 4.69) is 20.8 Å². The number of carboxylic acid groups (broad SMARTS) is 1. The Hall–Kier alpha value is -2.32. The number of carbonyl (C=O) groups is 2. The number of allylic oxidation sites excluding steroid dienone is 2. The minimum atomic E-state index is -2.21. The Labute approximate surface area is 495 Å². The summed E-state index contributed by atoms with van der Waals surface area (Å²) in [4.78, 5) is 29.3. The van der Waals surface area contributed by atoms with E-state index < -0.39 is 243 Å². The van der Waals surface area contributed by atoms with Crippen molar-refractivity contribution in [1.82, 2.24) is 0 Å². The van der Waals surface area contributed by atoms with Gasteiger partial charge in [-0.3, -0.25) is 9.59 Å². The van der Waals surface area contributed by atoms with E-state index in [4.69, 9.17) is 47.4 Å². The number of hydrogen-bond donors (Lipinski definition) is 17. The molecule has 10 aliphatic rings. The Morgan fingerprint density at radius 2 is 1.26 bits per heavy atom. The highest BCUT2D eigenvalue weighted by Crippen LogP contribution is 2.76. The molecule has 10 rings (SSSR count). The molecule has 32 atom stereocenters. The van der Waals surface area contributed by atoms with Gasteiger partial charge in [0.05, 0.1) is 58.0 Å². The summed E-state index contributed by atoms with van der Waals surface area (Å²) in [5, 5.41) is 187. The molecular weight excluding hydrogens is 1150 g/mol. The highest BCUT2D eigenvalue weighted by Gasteiger charge is 2.75. The topological polar surface area (TPSA) is 470 Å². The summed E-state index contributed by atoms with van der Waals surface area (Å²) in [5.74, 6) is -4.37. The van der Waals surface area contributed by atoms with Crippen LogP contribution in [0.4, 0.5) is 0 Å². The highest BCUT2D eigenvalue weighted by atomic mass is 16.8. The molecule has 4 saturated carbocycles. The van der Waals surface area contributed by atoms with Gasteiger partial charge in [0.2, 0.25) is 6.29 Å². The number of hydrogen-bond acceptors (Lipinski definition) is 28. The first-order valence-electron chi connectivity index (χ1n) is 29.9. The van der Waals surface area contributed by atoms with E-state index in [1.165, 1.54) is 6.92 Å². The Bertz CT molecular complexity index is 2470. The Kier molecular flexibility index (Phi) is 18.6. The molecule has 0 amide bonds. The summed E-state index contributed by atoms with van der Waals surface area (Å²) in [6.45, 7) is 7.22. The summed E-state index contributed by atoms with van der Waals surface area (Å²) in [5.41, 5.74) is -8.17. The van der Waals surface area contributed by atoms with Crippen LogP contribution in [0.1, 0.15) is 92.9 Å². The number of ether oxygens (including phenoxy) is 10. The van der Waals surface area contributed by atoms with Crippen LogP contribution >= 0.6 is 0 Å². The number of rotatable bonds is 14. The summed E-state index contributed by atoms with van der Waals surface area (Å²) in [7, 11) is 0. The first-order chi connectivity index (χ1) is 40.2. The van der Waals surface area contributed by atoms with Gasteiger partial charge < -0.3 is 134 Å². The molecule has 0 aromatic rings. The molecule has 5 aliphatic carbocycles. The first kappa shape index (κ1) is 66.6. The minimum absolute atomic E-state index is 0.00616. The predicted octanol–water partition coefficient (Wildman–Crippen LogP) is -5.29. The Morgan fingerprint density at radius 3 is 1.91 bits per heavy atom. The van der Waals surface area contributed by atoms with Crippen LogP contribution in [-0.2, 0) is 57.0 Å². The summed E-state index contributed by atoms with van der Waals surface area (Å²) >= 11 is 0. The third-order valence-corrected chi connectivity index (χ3v) is 22.6.